The van der Waals surface area contributed by atoms with E-state index in [9.17, 15) is 13.2 Å². The summed E-state index contributed by atoms with van der Waals surface area (Å²) in [5, 5.41) is 3.51. The van der Waals surface area contributed by atoms with Crippen LogP contribution in [0.4, 0.5) is 18.9 Å². The summed E-state index contributed by atoms with van der Waals surface area (Å²) in [5.41, 5.74) is 3.77. The molecule has 4 rings (SSSR count). The molecule has 6 heteroatoms. The van der Waals surface area contributed by atoms with Gasteiger partial charge in [-0.15, -0.1) is 0 Å². The topological polar surface area (TPSA) is 34.1 Å². The number of halogens is 3. The van der Waals surface area contributed by atoms with Crippen LogP contribution in [0.3, 0.4) is 0 Å². The summed E-state index contributed by atoms with van der Waals surface area (Å²) in [6.07, 6.45) is -2.64. The van der Waals surface area contributed by atoms with Crippen molar-refractivity contribution in [3.05, 3.63) is 77.5 Å². The SMILES string of the molecule is COc1ccc([C@H]2CCc3nc(-c4ccc(C(F)(F)F)cc4)ccc3N2)cc1. The maximum atomic E-state index is 12.7. The molecule has 0 radical (unpaired) electrons. The normalized spacial score (nSPS) is 16.2. The van der Waals surface area contributed by atoms with Gasteiger partial charge < -0.3 is 10.1 Å². The number of benzene rings is 2. The van der Waals surface area contributed by atoms with E-state index in [1.165, 1.54) is 17.7 Å². The molecule has 0 fully saturated rings. The Morgan fingerprint density at radius 2 is 1.68 bits per heavy atom. The van der Waals surface area contributed by atoms with Crippen LogP contribution in [0, 0.1) is 0 Å². The molecule has 28 heavy (non-hydrogen) atoms. The average molecular weight is 384 g/mol. The van der Waals surface area contributed by atoms with Crippen LogP contribution in [-0.4, -0.2) is 12.1 Å². The van der Waals surface area contributed by atoms with Crippen molar-refractivity contribution in [2.45, 2.75) is 25.1 Å². The van der Waals surface area contributed by atoms with Crippen LogP contribution in [-0.2, 0) is 12.6 Å². The van der Waals surface area contributed by atoms with E-state index >= 15 is 0 Å². The first-order chi connectivity index (χ1) is 13.4. The number of anilines is 1. The van der Waals surface area contributed by atoms with Crippen LogP contribution in [0.1, 0.15) is 29.3 Å². The van der Waals surface area contributed by atoms with E-state index in [1.54, 1.807) is 7.11 Å². The molecule has 1 atom stereocenters. The monoisotopic (exact) mass is 384 g/mol. The van der Waals surface area contributed by atoms with Gasteiger partial charge in [0.15, 0.2) is 0 Å². The maximum Gasteiger partial charge on any atom is 0.416 e. The highest BCUT2D eigenvalue weighted by Gasteiger charge is 2.30. The van der Waals surface area contributed by atoms with Gasteiger partial charge >= 0.3 is 6.18 Å². The quantitative estimate of drug-likeness (QED) is 0.613. The van der Waals surface area contributed by atoms with Crippen molar-refractivity contribution in [2.75, 3.05) is 12.4 Å². The summed E-state index contributed by atoms with van der Waals surface area (Å²) in [6, 6.07) is 17.1. The Labute approximate surface area is 161 Å². The van der Waals surface area contributed by atoms with Crippen molar-refractivity contribution in [3.63, 3.8) is 0 Å². The Hall–Kier alpha value is -3.02. The molecule has 2 aromatic carbocycles. The maximum absolute atomic E-state index is 12.7. The van der Waals surface area contributed by atoms with Crippen LogP contribution < -0.4 is 10.1 Å². The molecule has 3 nitrogen and oxygen atoms in total. The molecule has 2 heterocycles. The number of alkyl halides is 3. The van der Waals surface area contributed by atoms with Gasteiger partial charge in [0.2, 0.25) is 0 Å². The largest absolute Gasteiger partial charge is 0.497 e. The lowest BCUT2D eigenvalue weighted by Gasteiger charge is -2.27. The lowest BCUT2D eigenvalue weighted by atomic mass is 9.95. The van der Waals surface area contributed by atoms with E-state index in [1.807, 2.05) is 36.4 Å². The number of ether oxygens (including phenoxy) is 1. The van der Waals surface area contributed by atoms with Crippen LogP contribution >= 0.6 is 0 Å². The second-order valence-electron chi connectivity index (χ2n) is 6.77. The number of pyridine rings is 1. The summed E-state index contributed by atoms with van der Waals surface area (Å²) < 4.78 is 43.4. The molecule has 0 spiro atoms. The first-order valence-corrected chi connectivity index (χ1v) is 9.02. The lowest BCUT2D eigenvalue weighted by molar-refractivity contribution is -0.137. The third-order valence-corrected chi connectivity index (χ3v) is 5.00. The molecule has 0 aliphatic carbocycles. The third kappa shape index (κ3) is 3.67. The van der Waals surface area contributed by atoms with Crippen molar-refractivity contribution in [1.82, 2.24) is 4.98 Å². The molecule has 3 aromatic rings. The Morgan fingerprint density at radius 1 is 0.964 bits per heavy atom. The number of hydrogen-bond acceptors (Lipinski definition) is 3. The molecular weight excluding hydrogens is 365 g/mol. The predicted octanol–water partition coefficient (Wildman–Crippen LogP) is 5.88. The number of nitrogens with one attached hydrogen (secondary N) is 1. The highest BCUT2D eigenvalue weighted by atomic mass is 19.4. The summed E-state index contributed by atoms with van der Waals surface area (Å²) in [5.74, 6) is 0.822. The minimum absolute atomic E-state index is 0.192. The molecule has 0 amide bonds. The smallest absolute Gasteiger partial charge is 0.416 e. The second kappa shape index (κ2) is 7.19. The van der Waals surface area contributed by atoms with E-state index in [0.717, 1.165) is 42.1 Å². The average Bonchev–Trinajstić information content (AvgIpc) is 2.72. The van der Waals surface area contributed by atoms with E-state index in [-0.39, 0.29) is 6.04 Å². The Bertz CT molecular complexity index is 967. The number of fused-ring (bicyclic) bond motifs is 1. The van der Waals surface area contributed by atoms with Crippen molar-refractivity contribution in [1.29, 1.82) is 0 Å². The zero-order valence-electron chi connectivity index (χ0n) is 15.3. The minimum atomic E-state index is -4.33. The van der Waals surface area contributed by atoms with Gasteiger partial charge in [-0.3, -0.25) is 4.98 Å². The summed E-state index contributed by atoms with van der Waals surface area (Å²) in [7, 11) is 1.64. The Kier molecular flexibility index (Phi) is 4.71. The van der Waals surface area contributed by atoms with Gasteiger partial charge in [0.25, 0.3) is 0 Å². The number of aryl methyl sites for hydroxylation is 1. The third-order valence-electron chi connectivity index (χ3n) is 5.00. The highest BCUT2D eigenvalue weighted by molar-refractivity contribution is 5.64. The second-order valence-corrected chi connectivity index (χ2v) is 6.77. The summed E-state index contributed by atoms with van der Waals surface area (Å²) in [4.78, 5) is 4.67. The molecule has 0 saturated carbocycles. The molecule has 1 aromatic heterocycles. The lowest BCUT2D eigenvalue weighted by Crippen LogP contribution is -2.19. The van der Waals surface area contributed by atoms with Crippen LogP contribution in [0.2, 0.25) is 0 Å². The van der Waals surface area contributed by atoms with Crippen molar-refractivity contribution >= 4 is 5.69 Å². The first-order valence-electron chi connectivity index (χ1n) is 9.02. The van der Waals surface area contributed by atoms with Crippen molar-refractivity contribution in [3.8, 4) is 17.0 Å². The molecular formula is C22H19F3N2O. The van der Waals surface area contributed by atoms with Gasteiger partial charge in [-0.2, -0.15) is 13.2 Å². The fraction of sp³-hybridized carbons (Fsp3) is 0.227. The van der Waals surface area contributed by atoms with E-state index in [2.05, 4.69) is 10.3 Å². The minimum Gasteiger partial charge on any atom is -0.497 e. The fourth-order valence-electron chi connectivity index (χ4n) is 3.44. The van der Waals surface area contributed by atoms with Gasteiger partial charge in [0.05, 0.1) is 35.8 Å². The first kappa shape index (κ1) is 18.3. The Morgan fingerprint density at radius 3 is 2.32 bits per heavy atom. The van der Waals surface area contributed by atoms with Gasteiger partial charge in [0, 0.05) is 5.56 Å². The van der Waals surface area contributed by atoms with Crippen LogP contribution in [0.25, 0.3) is 11.3 Å². The number of methoxy groups -OCH3 is 1. The van der Waals surface area contributed by atoms with Gasteiger partial charge in [0.1, 0.15) is 5.75 Å². The molecule has 1 N–H and O–H groups in total. The zero-order chi connectivity index (χ0) is 19.7. The van der Waals surface area contributed by atoms with Crippen LogP contribution in [0.15, 0.2) is 60.7 Å². The number of hydrogen-bond donors (Lipinski definition) is 1. The zero-order valence-corrected chi connectivity index (χ0v) is 15.3. The predicted molar refractivity (Wildman–Crippen MR) is 102 cm³/mol. The molecule has 0 unspecified atom stereocenters. The Balaban J connectivity index is 1.54. The van der Waals surface area contributed by atoms with Gasteiger partial charge in [-0.05, 0) is 54.8 Å². The van der Waals surface area contributed by atoms with E-state index in [0.29, 0.717) is 11.3 Å². The standard InChI is InChI=1S/C22H19F3N2O/c1-28-17-8-4-15(5-9-17)19-11-13-20-21(27-19)12-10-18(26-20)14-2-6-16(7-3-14)22(23,24)25/h2-10,12,19,27H,11,13H2,1H3/t19-/m1/s1. The number of rotatable bonds is 3. The van der Waals surface area contributed by atoms with Gasteiger partial charge in [-0.25, -0.2) is 0 Å². The number of aromatic nitrogens is 1. The van der Waals surface area contributed by atoms with Crippen molar-refractivity contribution in [2.24, 2.45) is 0 Å². The number of nitrogens with zero attached hydrogens (tertiary/aromatic N) is 1. The molecule has 1 aliphatic heterocycles. The fourth-order valence-corrected chi connectivity index (χ4v) is 3.44. The molecule has 0 saturated heterocycles. The van der Waals surface area contributed by atoms with Crippen LogP contribution in [0.5, 0.6) is 5.75 Å². The van der Waals surface area contributed by atoms with E-state index in [4.69, 9.17) is 4.74 Å². The summed E-state index contributed by atoms with van der Waals surface area (Å²) >= 11 is 0. The molecule has 1 aliphatic rings. The van der Waals surface area contributed by atoms with Gasteiger partial charge in [-0.1, -0.05) is 24.3 Å². The molecule has 144 valence electrons. The molecule has 0 bridgehead atoms. The summed E-state index contributed by atoms with van der Waals surface area (Å²) in [6.45, 7) is 0. The van der Waals surface area contributed by atoms with Crippen molar-refractivity contribution < 1.29 is 17.9 Å². The highest BCUT2D eigenvalue weighted by Crippen LogP contribution is 2.35. The van der Waals surface area contributed by atoms with E-state index < -0.39 is 11.7 Å².